The zero-order valence-corrected chi connectivity index (χ0v) is 18.1. The lowest BCUT2D eigenvalue weighted by Crippen LogP contribution is -2.51. The van der Waals surface area contributed by atoms with Gasteiger partial charge in [0.2, 0.25) is 5.91 Å². The van der Waals surface area contributed by atoms with Gasteiger partial charge in [-0.1, -0.05) is 41.9 Å². The Morgan fingerprint density at radius 2 is 2.03 bits per heavy atom. The molecule has 0 saturated carbocycles. The van der Waals surface area contributed by atoms with Crippen LogP contribution in [0.1, 0.15) is 32.1 Å². The number of nitrogens with one attached hydrogen (secondary N) is 2. The lowest BCUT2D eigenvalue weighted by molar-refractivity contribution is -0.135. The third kappa shape index (κ3) is 4.77. The van der Waals surface area contributed by atoms with Gasteiger partial charge in [-0.3, -0.25) is 4.79 Å². The average molecular weight is 467 g/mol. The van der Waals surface area contributed by atoms with E-state index in [1.54, 1.807) is 6.20 Å². The number of likely N-dealkylation sites (tertiary alicyclic amines) is 1. The van der Waals surface area contributed by atoms with Gasteiger partial charge in [-0.2, -0.15) is 0 Å². The van der Waals surface area contributed by atoms with Gasteiger partial charge in [0, 0.05) is 10.9 Å². The number of aromatic amines is 1. The number of imidazole rings is 1. The summed E-state index contributed by atoms with van der Waals surface area (Å²) in [6.45, 7) is 3.59. The minimum atomic E-state index is -1.16. The maximum absolute atomic E-state index is 14.3. The van der Waals surface area contributed by atoms with Crippen molar-refractivity contribution >= 4 is 27.9 Å². The van der Waals surface area contributed by atoms with Crippen molar-refractivity contribution in [2.75, 3.05) is 13.7 Å². The van der Waals surface area contributed by atoms with E-state index in [1.807, 2.05) is 38.1 Å². The standard InChI is InChI=1S/C20H24BrFN4O3/c1-11(2)17(25-20(28)29-3)19(27)26-10-14(22)8-16(26)18-23-9-15(24-18)12-4-6-13(21)7-5-12/h4-7,9,11,14,16-17H,8,10H2,1-3H3,(H,23,24)(H,25,28)/t14-,16+,17+/m1/s1. The first-order valence-corrected chi connectivity index (χ1v) is 10.2. The van der Waals surface area contributed by atoms with Gasteiger partial charge in [0.05, 0.1) is 31.6 Å². The topological polar surface area (TPSA) is 87.3 Å². The average Bonchev–Trinajstić information content (AvgIpc) is 3.32. The van der Waals surface area contributed by atoms with E-state index in [0.717, 1.165) is 15.7 Å². The molecule has 0 radical (unpaired) electrons. The number of methoxy groups -OCH3 is 1. The zero-order valence-electron chi connectivity index (χ0n) is 16.5. The van der Waals surface area contributed by atoms with Crippen molar-refractivity contribution in [1.82, 2.24) is 20.2 Å². The second-order valence-electron chi connectivity index (χ2n) is 7.39. The Balaban J connectivity index is 1.84. The largest absolute Gasteiger partial charge is 0.453 e. The van der Waals surface area contributed by atoms with Gasteiger partial charge in [-0.05, 0) is 23.6 Å². The van der Waals surface area contributed by atoms with E-state index >= 15 is 0 Å². The molecule has 0 bridgehead atoms. The number of amides is 2. The second-order valence-corrected chi connectivity index (χ2v) is 8.30. The van der Waals surface area contributed by atoms with Crippen LogP contribution in [0.15, 0.2) is 34.9 Å². The Morgan fingerprint density at radius 3 is 2.66 bits per heavy atom. The normalized spacial score (nSPS) is 20.0. The molecule has 29 heavy (non-hydrogen) atoms. The summed E-state index contributed by atoms with van der Waals surface area (Å²) >= 11 is 3.40. The number of alkyl halides is 1. The number of alkyl carbamates (subject to hydrolysis) is 1. The molecule has 0 aliphatic carbocycles. The number of rotatable bonds is 5. The molecule has 2 aromatic rings. The molecule has 2 amide bonds. The van der Waals surface area contributed by atoms with Crippen LogP contribution >= 0.6 is 15.9 Å². The summed E-state index contributed by atoms with van der Waals surface area (Å²) in [4.78, 5) is 33.8. The summed E-state index contributed by atoms with van der Waals surface area (Å²) < 4.78 is 19.9. The van der Waals surface area contributed by atoms with Crippen LogP contribution in [0.3, 0.4) is 0 Å². The number of nitrogens with zero attached hydrogens (tertiary/aromatic N) is 2. The molecule has 0 unspecified atom stereocenters. The highest BCUT2D eigenvalue weighted by Crippen LogP contribution is 2.34. The van der Waals surface area contributed by atoms with Crippen LogP contribution in [0.4, 0.5) is 9.18 Å². The highest BCUT2D eigenvalue weighted by molar-refractivity contribution is 9.10. The Kier molecular flexibility index (Phi) is 6.56. The summed E-state index contributed by atoms with van der Waals surface area (Å²) in [5.74, 6) is -0.00928. The van der Waals surface area contributed by atoms with Crippen LogP contribution in [0, 0.1) is 5.92 Å². The number of hydrogen-bond donors (Lipinski definition) is 2. The first-order chi connectivity index (χ1) is 13.8. The fourth-order valence-corrected chi connectivity index (χ4v) is 3.71. The van der Waals surface area contributed by atoms with Gasteiger partial charge in [0.1, 0.15) is 18.0 Å². The molecule has 1 saturated heterocycles. The highest BCUT2D eigenvalue weighted by atomic mass is 79.9. The first-order valence-electron chi connectivity index (χ1n) is 9.40. The zero-order chi connectivity index (χ0) is 21.1. The van der Waals surface area contributed by atoms with Crippen molar-refractivity contribution in [3.63, 3.8) is 0 Å². The minimum absolute atomic E-state index is 0.0378. The number of carbonyl (C=O) groups excluding carboxylic acids is 2. The summed E-state index contributed by atoms with van der Waals surface area (Å²) in [6, 6.07) is 6.38. The molecule has 1 aromatic heterocycles. The van der Waals surface area contributed by atoms with Crippen molar-refractivity contribution in [3.05, 3.63) is 40.8 Å². The number of carbonyl (C=O) groups is 2. The summed E-state index contributed by atoms with van der Waals surface area (Å²) in [7, 11) is 1.24. The van der Waals surface area contributed by atoms with Crippen LogP contribution in [0.25, 0.3) is 11.3 Å². The first kappa shape index (κ1) is 21.3. The number of H-pyrrole nitrogens is 1. The van der Waals surface area contributed by atoms with E-state index in [4.69, 9.17) is 0 Å². The van der Waals surface area contributed by atoms with Gasteiger partial charge in [0.15, 0.2) is 0 Å². The van der Waals surface area contributed by atoms with E-state index in [0.29, 0.717) is 5.82 Å². The number of aromatic nitrogens is 2. The van der Waals surface area contributed by atoms with Crippen LogP contribution in [-0.4, -0.2) is 52.7 Å². The monoisotopic (exact) mass is 466 g/mol. The Labute approximate surface area is 177 Å². The minimum Gasteiger partial charge on any atom is -0.453 e. The SMILES string of the molecule is COC(=O)N[C@H](C(=O)N1C[C@H](F)C[C@H]1c1ncc(-c2ccc(Br)cc2)[nH]1)C(C)C. The van der Waals surface area contributed by atoms with Gasteiger partial charge < -0.3 is 19.9 Å². The van der Waals surface area contributed by atoms with Crippen LogP contribution in [0.5, 0.6) is 0 Å². The Morgan fingerprint density at radius 1 is 1.34 bits per heavy atom. The van der Waals surface area contributed by atoms with Crippen LogP contribution in [-0.2, 0) is 9.53 Å². The van der Waals surface area contributed by atoms with Gasteiger partial charge in [-0.15, -0.1) is 0 Å². The van der Waals surface area contributed by atoms with Gasteiger partial charge >= 0.3 is 6.09 Å². The van der Waals surface area contributed by atoms with Crippen molar-refractivity contribution in [2.24, 2.45) is 5.92 Å². The number of ether oxygens (including phenoxy) is 1. The molecule has 2 N–H and O–H groups in total. The van der Waals surface area contributed by atoms with E-state index in [9.17, 15) is 14.0 Å². The number of benzene rings is 1. The summed E-state index contributed by atoms with van der Waals surface area (Å²) in [6.07, 6.45) is -0.0159. The second kappa shape index (κ2) is 8.94. The van der Waals surface area contributed by atoms with E-state index in [2.05, 4.69) is 36.0 Å². The molecular formula is C20H24BrFN4O3. The van der Waals surface area contributed by atoms with Gasteiger partial charge in [-0.25, -0.2) is 14.2 Å². The summed E-state index contributed by atoms with van der Waals surface area (Å²) in [5, 5.41) is 2.56. The van der Waals surface area contributed by atoms with E-state index < -0.39 is 24.3 Å². The molecule has 7 nitrogen and oxygen atoms in total. The maximum atomic E-state index is 14.3. The molecular weight excluding hydrogens is 443 g/mol. The van der Waals surface area contributed by atoms with Crippen molar-refractivity contribution in [1.29, 1.82) is 0 Å². The Hall–Kier alpha value is -2.42. The lowest BCUT2D eigenvalue weighted by atomic mass is 10.0. The maximum Gasteiger partial charge on any atom is 0.407 e. The molecule has 2 heterocycles. The van der Waals surface area contributed by atoms with Crippen LogP contribution < -0.4 is 5.32 Å². The highest BCUT2D eigenvalue weighted by Gasteiger charge is 2.41. The number of halogens is 2. The van der Waals surface area contributed by atoms with Crippen molar-refractivity contribution in [3.8, 4) is 11.3 Å². The number of hydrogen-bond acceptors (Lipinski definition) is 4. The molecule has 1 aromatic carbocycles. The van der Waals surface area contributed by atoms with Crippen molar-refractivity contribution < 1.29 is 18.7 Å². The van der Waals surface area contributed by atoms with E-state index in [-0.39, 0.29) is 24.8 Å². The predicted octanol–water partition coefficient (Wildman–Crippen LogP) is 3.83. The fraction of sp³-hybridized carbons (Fsp3) is 0.450. The summed E-state index contributed by atoms with van der Waals surface area (Å²) in [5.41, 5.74) is 1.72. The van der Waals surface area contributed by atoms with Crippen LogP contribution in [0.2, 0.25) is 0 Å². The molecule has 0 spiro atoms. The molecule has 1 aliphatic heterocycles. The van der Waals surface area contributed by atoms with E-state index in [1.165, 1.54) is 12.0 Å². The molecule has 1 fully saturated rings. The molecule has 3 atom stereocenters. The molecule has 9 heteroatoms. The molecule has 3 rings (SSSR count). The molecule has 156 valence electrons. The predicted molar refractivity (Wildman–Crippen MR) is 110 cm³/mol. The molecule has 1 aliphatic rings. The smallest absolute Gasteiger partial charge is 0.407 e. The Bertz CT molecular complexity index is 871. The fourth-order valence-electron chi connectivity index (χ4n) is 3.45. The third-order valence-corrected chi connectivity index (χ3v) is 5.52. The lowest BCUT2D eigenvalue weighted by Gasteiger charge is -2.29. The third-order valence-electron chi connectivity index (χ3n) is 4.99. The quantitative estimate of drug-likeness (QED) is 0.700. The van der Waals surface area contributed by atoms with Gasteiger partial charge in [0.25, 0.3) is 0 Å². The van der Waals surface area contributed by atoms with Crippen molar-refractivity contribution in [2.45, 2.75) is 38.5 Å².